The Kier molecular flexibility index (Phi) is 5.31. The topological polar surface area (TPSA) is 55.1 Å². The quantitative estimate of drug-likeness (QED) is 0.881. The molecule has 0 bridgehead atoms. The van der Waals surface area contributed by atoms with E-state index in [-0.39, 0.29) is 18.0 Å². The molecular weight excluding hydrogens is 296 g/mol. The smallest absolute Gasteiger partial charge is 0.221 e. The van der Waals surface area contributed by atoms with Crippen molar-refractivity contribution in [2.24, 2.45) is 11.7 Å². The Morgan fingerprint density at radius 2 is 1.75 bits per heavy atom. The second-order valence-electron chi connectivity index (χ2n) is 6.88. The van der Waals surface area contributed by atoms with Gasteiger partial charge >= 0.3 is 0 Å². The number of carbonyl (C=O) groups excluding carboxylic acids is 1. The Labute approximate surface area is 144 Å². The highest BCUT2D eigenvalue weighted by atomic mass is 16.1. The fourth-order valence-corrected chi connectivity index (χ4v) is 3.54. The van der Waals surface area contributed by atoms with Crippen molar-refractivity contribution in [2.75, 3.05) is 0 Å². The molecule has 0 saturated heterocycles. The summed E-state index contributed by atoms with van der Waals surface area (Å²) in [7, 11) is 0. The average Bonchev–Trinajstić information content (AvgIpc) is 2.99. The van der Waals surface area contributed by atoms with Gasteiger partial charge in [0.05, 0.1) is 6.04 Å². The average molecular weight is 322 g/mol. The molecule has 24 heavy (non-hydrogen) atoms. The van der Waals surface area contributed by atoms with Gasteiger partial charge in [0.2, 0.25) is 5.91 Å². The van der Waals surface area contributed by atoms with E-state index in [1.165, 1.54) is 5.56 Å². The van der Waals surface area contributed by atoms with Crippen LogP contribution in [0.5, 0.6) is 0 Å². The van der Waals surface area contributed by atoms with Crippen LogP contribution in [0.2, 0.25) is 0 Å². The maximum Gasteiger partial charge on any atom is 0.221 e. The Morgan fingerprint density at radius 3 is 2.38 bits per heavy atom. The van der Waals surface area contributed by atoms with E-state index in [1.54, 1.807) is 0 Å². The van der Waals surface area contributed by atoms with Crippen molar-refractivity contribution in [3.05, 3.63) is 71.3 Å². The zero-order valence-electron chi connectivity index (χ0n) is 14.2. The summed E-state index contributed by atoms with van der Waals surface area (Å²) in [6.45, 7) is 2.07. The molecule has 0 heterocycles. The van der Waals surface area contributed by atoms with Gasteiger partial charge < -0.3 is 11.1 Å². The van der Waals surface area contributed by atoms with Gasteiger partial charge in [-0.3, -0.25) is 4.79 Å². The molecule has 3 atom stereocenters. The van der Waals surface area contributed by atoms with Gasteiger partial charge in [0.25, 0.3) is 0 Å². The van der Waals surface area contributed by atoms with E-state index in [4.69, 9.17) is 5.73 Å². The third-order valence-corrected chi connectivity index (χ3v) is 5.01. The summed E-state index contributed by atoms with van der Waals surface area (Å²) in [5.41, 5.74) is 9.54. The summed E-state index contributed by atoms with van der Waals surface area (Å²) in [6, 6.07) is 18.6. The minimum atomic E-state index is -0.114. The monoisotopic (exact) mass is 322 g/mol. The lowest BCUT2D eigenvalue weighted by Gasteiger charge is -2.22. The van der Waals surface area contributed by atoms with Crippen LogP contribution in [-0.2, 0) is 4.79 Å². The van der Waals surface area contributed by atoms with Gasteiger partial charge in [-0.25, -0.2) is 0 Å². The van der Waals surface area contributed by atoms with Crippen LogP contribution in [0.3, 0.4) is 0 Å². The predicted molar refractivity (Wildman–Crippen MR) is 97.5 cm³/mol. The number of rotatable bonds is 5. The molecule has 0 aliphatic heterocycles. The summed E-state index contributed by atoms with van der Waals surface area (Å²) in [6.07, 6.45) is 3.77. The zero-order valence-corrected chi connectivity index (χ0v) is 14.2. The molecule has 3 nitrogen and oxygen atoms in total. The van der Waals surface area contributed by atoms with E-state index in [0.29, 0.717) is 12.3 Å². The fourth-order valence-electron chi connectivity index (χ4n) is 3.54. The molecule has 1 aliphatic carbocycles. The first-order chi connectivity index (χ1) is 11.6. The van der Waals surface area contributed by atoms with E-state index >= 15 is 0 Å². The van der Waals surface area contributed by atoms with E-state index in [0.717, 1.165) is 30.4 Å². The maximum absolute atomic E-state index is 12.6. The normalized spacial score (nSPS) is 21.4. The Bertz CT molecular complexity index is 666. The second-order valence-corrected chi connectivity index (χ2v) is 6.88. The first kappa shape index (κ1) is 16.7. The highest BCUT2D eigenvalue weighted by Crippen LogP contribution is 2.28. The molecule has 1 fully saturated rings. The van der Waals surface area contributed by atoms with Crippen LogP contribution >= 0.6 is 0 Å². The summed E-state index contributed by atoms with van der Waals surface area (Å²) in [5, 5.41) is 3.22. The highest BCUT2D eigenvalue weighted by Gasteiger charge is 2.27. The summed E-state index contributed by atoms with van der Waals surface area (Å²) >= 11 is 0. The molecule has 3 N–H and O–H groups in total. The molecule has 126 valence electrons. The molecule has 0 aromatic heterocycles. The van der Waals surface area contributed by atoms with E-state index in [1.807, 2.05) is 18.2 Å². The molecular formula is C21H26N2O. The standard InChI is InChI=1S/C21H26N2O/c1-15-10-12-17(13-11-15)21(16-6-3-2-4-7-16)23-20(24)14-18-8-5-9-19(18)22/h2-4,6-7,10-13,18-19,21H,5,8-9,14,22H2,1H3,(H,23,24)/t18-,19+,21?/m0/s1. The van der Waals surface area contributed by atoms with Gasteiger partial charge in [0.1, 0.15) is 0 Å². The number of benzene rings is 2. The molecule has 0 radical (unpaired) electrons. The molecule has 1 amide bonds. The first-order valence-electron chi connectivity index (χ1n) is 8.80. The van der Waals surface area contributed by atoms with Crippen molar-refractivity contribution >= 4 is 5.91 Å². The van der Waals surface area contributed by atoms with Gasteiger partial charge in [-0.1, -0.05) is 66.6 Å². The Hall–Kier alpha value is -2.13. The number of aryl methyl sites for hydroxylation is 1. The lowest BCUT2D eigenvalue weighted by molar-refractivity contribution is -0.122. The van der Waals surface area contributed by atoms with Crippen molar-refractivity contribution in [3.63, 3.8) is 0 Å². The lowest BCUT2D eigenvalue weighted by atomic mass is 9.96. The largest absolute Gasteiger partial charge is 0.345 e. The van der Waals surface area contributed by atoms with Crippen molar-refractivity contribution in [3.8, 4) is 0 Å². The van der Waals surface area contributed by atoms with Crippen LogP contribution in [-0.4, -0.2) is 11.9 Å². The van der Waals surface area contributed by atoms with Crippen LogP contribution in [0, 0.1) is 12.8 Å². The van der Waals surface area contributed by atoms with Crippen molar-refractivity contribution in [1.29, 1.82) is 0 Å². The number of amides is 1. The van der Waals surface area contributed by atoms with Gasteiger partial charge in [0.15, 0.2) is 0 Å². The number of hydrogen-bond acceptors (Lipinski definition) is 2. The van der Waals surface area contributed by atoms with E-state index in [9.17, 15) is 4.79 Å². The Balaban J connectivity index is 1.77. The van der Waals surface area contributed by atoms with Crippen LogP contribution < -0.4 is 11.1 Å². The number of hydrogen-bond donors (Lipinski definition) is 2. The number of nitrogens with one attached hydrogen (secondary N) is 1. The second kappa shape index (κ2) is 7.63. The summed E-state index contributed by atoms with van der Waals surface area (Å²) in [5.74, 6) is 0.409. The molecule has 3 heteroatoms. The van der Waals surface area contributed by atoms with Gasteiger partial charge in [-0.2, -0.15) is 0 Å². The van der Waals surface area contributed by atoms with Gasteiger partial charge in [-0.05, 0) is 36.8 Å². The van der Waals surface area contributed by atoms with Gasteiger partial charge in [-0.15, -0.1) is 0 Å². The number of carbonyl (C=O) groups is 1. The number of nitrogens with two attached hydrogens (primary N) is 1. The zero-order chi connectivity index (χ0) is 16.9. The van der Waals surface area contributed by atoms with Crippen LogP contribution in [0.1, 0.15) is 48.4 Å². The van der Waals surface area contributed by atoms with Crippen LogP contribution in [0.15, 0.2) is 54.6 Å². The third-order valence-electron chi connectivity index (χ3n) is 5.01. The Morgan fingerprint density at radius 1 is 1.08 bits per heavy atom. The lowest BCUT2D eigenvalue weighted by Crippen LogP contribution is -2.34. The minimum absolute atomic E-state index is 0.0896. The molecule has 2 aromatic carbocycles. The van der Waals surface area contributed by atoms with Crippen LogP contribution in [0.4, 0.5) is 0 Å². The first-order valence-corrected chi connectivity index (χ1v) is 8.80. The van der Waals surface area contributed by atoms with Gasteiger partial charge in [0, 0.05) is 12.5 Å². The molecule has 1 aliphatic rings. The molecule has 1 unspecified atom stereocenters. The fraction of sp³-hybridized carbons (Fsp3) is 0.381. The van der Waals surface area contributed by atoms with Crippen molar-refractivity contribution < 1.29 is 4.79 Å². The minimum Gasteiger partial charge on any atom is -0.345 e. The molecule has 0 spiro atoms. The van der Waals surface area contributed by atoms with Crippen molar-refractivity contribution in [1.82, 2.24) is 5.32 Å². The molecule has 3 rings (SSSR count). The SMILES string of the molecule is Cc1ccc(C(NC(=O)C[C@@H]2CCC[C@H]2N)c2ccccc2)cc1. The van der Waals surface area contributed by atoms with E-state index in [2.05, 4.69) is 48.6 Å². The molecule has 2 aromatic rings. The predicted octanol–water partition coefficient (Wildman–Crippen LogP) is 3.72. The summed E-state index contributed by atoms with van der Waals surface area (Å²) in [4.78, 5) is 12.6. The maximum atomic E-state index is 12.6. The molecule has 1 saturated carbocycles. The summed E-state index contributed by atoms with van der Waals surface area (Å²) < 4.78 is 0. The highest BCUT2D eigenvalue weighted by molar-refractivity contribution is 5.77. The third kappa shape index (κ3) is 4.04. The van der Waals surface area contributed by atoms with Crippen molar-refractivity contribution in [2.45, 2.75) is 44.7 Å². The van der Waals surface area contributed by atoms with Crippen LogP contribution in [0.25, 0.3) is 0 Å². The van der Waals surface area contributed by atoms with E-state index < -0.39 is 0 Å².